The van der Waals surface area contributed by atoms with Crippen molar-refractivity contribution < 1.29 is 19.8 Å². The third-order valence-electron chi connectivity index (χ3n) is 1.51. The largest absolute Gasteiger partial charge is 0.477 e. The molecule has 0 aliphatic rings. The lowest BCUT2D eigenvalue weighted by atomic mass is 10.2. The number of carboxylic acids is 2. The summed E-state index contributed by atoms with van der Waals surface area (Å²) >= 11 is 3.93. The minimum absolute atomic E-state index is 0.267. The first-order chi connectivity index (χ1) is 6.54. The molecule has 2 N–H and O–H groups in total. The van der Waals surface area contributed by atoms with Gasteiger partial charge in [-0.25, -0.2) is 14.6 Å². The van der Waals surface area contributed by atoms with Crippen molar-refractivity contribution in [3.05, 3.63) is 29.1 Å². The molecule has 0 aromatic carbocycles. The van der Waals surface area contributed by atoms with E-state index in [1.165, 1.54) is 12.1 Å². The Morgan fingerprint density at radius 2 is 1.64 bits per heavy atom. The Morgan fingerprint density at radius 3 is 1.93 bits per heavy atom. The van der Waals surface area contributed by atoms with Crippen LogP contribution in [0.3, 0.4) is 0 Å². The van der Waals surface area contributed by atoms with Crippen molar-refractivity contribution >= 4 is 24.6 Å². The molecule has 6 heteroatoms. The van der Waals surface area contributed by atoms with E-state index in [0.29, 0.717) is 5.56 Å². The van der Waals surface area contributed by atoms with Crippen LogP contribution in [-0.2, 0) is 5.75 Å². The van der Waals surface area contributed by atoms with Gasteiger partial charge in [-0.15, -0.1) is 0 Å². The second kappa shape index (κ2) is 4.10. The molecule has 1 rings (SSSR count). The van der Waals surface area contributed by atoms with Crippen LogP contribution >= 0.6 is 12.6 Å². The van der Waals surface area contributed by atoms with Crippen LogP contribution in [0.5, 0.6) is 0 Å². The van der Waals surface area contributed by atoms with Crippen LogP contribution < -0.4 is 0 Å². The zero-order valence-electron chi connectivity index (χ0n) is 6.97. The molecular formula is C8H7NO4S. The minimum Gasteiger partial charge on any atom is -0.477 e. The molecule has 0 bridgehead atoms. The smallest absolute Gasteiger partial charge is 0.354 e. The van der Waals surface area contributed by atoms with Gasteiger partial charge in [0.05, 0.1) is 0 Å². The molecule has 1 aromatic heterocycles. The van der Waals surface area contributed by atoms with Crippen LogP contribution in [0.1, 0.15) is 26.5 Å². The third kappa shape index (κ3) is 2.23. The SMILES string of the molecule is O=C(O)c1cc(CS)cc(C(=O)O)n1. The lowest BCUT2D eigenvalue weighted by Gasteiger charge is -2.00. The van der Waals surface area contributed by atoms with Crippen molar-refractivity contribution in [2.75, 3.05) is 0 Å². The van der Waals surface area contributed by atoms with Gasteiger partial charge in [-0.1, -0.05) is 0 Å². The third-order valence-corrected chi connectivity index (χ3v) is 1.87. The summed E-state index contributed by atoms with van der Waals surface area (Å²) in [5.41, 5.74) is -0.0546. The van der Waals surface area contributed by atoms with Crippen LogP contribution in [0, 0.1) is 0 Å². The van der Waals surface area contributed by atoms with Gasteiger partial charge in [0, 0.05) is 5.75 Å². The zero-order valence-corrected chi connectivity index (χ0v) is 7.86. The molecule has 0 fully saturated rings. The lowest BCUT2D eigenvalue weighted by molar-refractivity contribution is 0.0685. The van der Waals surface area contributed by atoms with E-state index < -0.39 is 11.9 Å². The Bertz CT molecular complexity index is 359. The number of carboxylic acid groups (broad SMARTS) is 2. The molecule has 14 heavy (non-hydrogen) atoms. The maximum Gasteiger partial charge on any atom is 0.354 e. The standard InChI is InChI=1S/C8H7NO4S/c10-7(11)5-1-4(3-14)2-6(9-5)8(12)13/h1-2,14H,3H2,(H,10,11)(H,12,13). The first-order valence-electron chi connectivity index (χ1n) is 3.63. The Balaban J connectivity index is 3.27. The summed E-state index contributed by atoms with van der Waals surface area (Å²) in [4.78, 5) is 24.6. The molecule has 0 aliphatic carbocycles. The van der Waals surface area contributed by atoms with Gasteiger partial charge >= 0.3 is 11.9 Å². The van der Waals surface area contributed by atoms with Crippen LogP contribution in [-0.4, -0.2) is 27.1 Å². The minimum atomic E-state index is -1.25. The predicted molar refractivity (Wildman–Crippen MR) is 50.8 cm³/mol. The van der Waals surface area contributed by atoms with Gasteiger partial charge in [0.25, 0.3) is 0 Å². The summed E-state index contributed by atoms with van der Waals surface area (Å²) in [7, 11) is 0. The maximum atomic E-state index is 10.6. The summed E-state index contributed by atoms with van der Waals surface area (Å²) in [5.74, 6) is -2.24. The van der Waals surface area contributed by atoms with Gasteiger partial charge in [-0.3, -0.25) is 0 Å². The summed E-state index contributed by atoms with van der Waals surface area (Å²) in [6.07, 6.45) is 0. The monoisotopic (exact) mass is 213 g/mol. The molecule has 0 atom stereocenters. The summed E-state index contributed by atoms with van der Waals surface area (Å²) in [5, 5.41) is 17.3. The number of thiol groups is 1. The van der Waals surface area contributed by atoms with Crippen molar-refractivity contribution in [3.63, 3.8) is 0 Å². The number of nitrogens with zero attached hydrogens (tertiary/aromatic N) is 1. The normalized spacial score (nSPS) is 9.79. The number of carbonyl (C=O) groups is 2. The highest BCUT2D eigenvalue weighted by Crippen LogP contribution is 2.08. The molecule has 1 heterocycles. The molecule has 1 aromatic rings. The van der Waals surface area contributed by atoms with Crippen LogP contribution in [0.25, 0.3) is 0 Å². The molecule has 0 radical (unpaired) electrons. The Labute approximate surface area is 84.8 Å². The van der Waals surface area contributed by atoms with Gasteiger partial charge in [-0.2, -0.15) is 12.6 Å². The van der Waals surface area contributed by atoms with Gasteiger partial charge < -0.3 is 10.2 Å². The van der Waals surface area contributed by atoms with Crippen molar-refractivity contribution in [1.29, 1.82) is 0 Å². The van der Waals surface area contributed by atoms with E-state index in [-0.39, 0.29) is 17.1 Å². The van der Waals surface area contributed by atoms with Gasteiger partial charge in [-0.05, 0) is 17.7 Å². The van der Waals surface area contributed by atoms with Crippen LogP contribution in [0.4, 0.5) is 0 Å². The summed E-state index contributed by atoms with van der Waals surface area (Å²) in [6, 6.07) is 2.59. The number of hydrogen-bond acceptors (Lipinski definition) is 4. The topological polar surface area (TPSA) is 87.5 Å². The summed E-state index contributed by atoms with van der Waals surface area (Å²) in [6.45, 7) is 0. The van der Waals surface area contributed by atoms with E-state index >= 15 is 0 Å². The second-order valence-corrected chi connectivity index (χ2v) is 2.83. The number of hydrogen-bond donors (Lipinski definition) is 3. The van der Waals surface area contributed by atoms with E-state index in [4.69, 9.17) is 10.2 Å². The molecular weight excluding hydrogens is 206 g/mol. The molecule has 0 spiro atoms. The molecule has 0 amide bonds. The van der Waals surface area contributed by atoms with Crippen molar-refractivity contribution in [2.24, 2.45) is 0 Å². The Hall–Kier alpha value is -1.56. The Morgan fingerprint density at radius 1 is 1.21 bits per heavy atom. The maximum absolute atomic E-state index is 10.6. The molecule has 74 valence electrons. The average molecular weight is 213 g/mol. The van der Waals surface area contributed by atoms with Crippen LogP contribution in [0.15, 0.2) is 12.1 Å². The van der Waals surface area contributed by atoms with Crippen molar-refractivity contribution in [3.8, 4) is 0 Å². The van der Waals surface area contributed by atoms with Crippen molar-refractivity contribution in [2.45, 2.75) is 5.75 Å². The first-order valence-corrected chi connectivity index (χ1v) is 4.26. The highest BCUT2D eigenvalue weighted by atomic mass is 32.1. The van der Waals surface area contributed by atoms with E-state index in [1.54, 1.807) is 0 Å². The molecule has 0 aliphatic heterocycles. The molecule has 0 saturated heterocycles. The average Bonchev–Trinajstić information content (AvgIpc) is 2.16. The van der Waals surface area contributed by atoms with E-state index in [0.717, 1.165) is 0 Å². The highest BCUT2D eigenvalue weighted by Gasteiger charge is 2.12. The number of pyridine rings is 1. The summed E-state index contributed by atoms with van der Waals surface area (Å²) < 4.78 is 0. The van der Waals surface area contributed by atoms with Crippen molar-refractivity contribution in [1.82, 2.24) is 4.98 Å². The highest BCUT2D eigenvalue weighted by molar-refractivity contribution is 7.79. The molecule has 5 nitrogen and oxygen atoms in total. The Kier molecular flexibility index (Phi) is 3.08. The fraction of sp³-hybridized carbons (Fsp3) is 0.125. The fourth-order valence-electron chi connectivity index (χ4n) is 0.898. The predicted octanol–water partition coefficient (Wildman–Crippen LogP) is 0.908. The van der Waals surface area contributed by atoms with Crippen LogP contribution in [0.2, 0.25) is 0 Å². The van der Waals surface area contributed by atoms with Gasteiger partial charge in [0.1, 0.15) is 11.4 Å². The van der Waals surface area contributed by atoms with E-state index in [2.05, 4.69) is 17.6 Å². The number of aromatic nitrogens is 1. The number of rotatable bonds is 3. The molecule has 0 unspecified atom stereocenters. The first kappa shape index (κ1) is 10.5. The van der Waals surface area contributed by atoms with E-state index in [9.17, 15) is 9.59 Å². The lowest BCUT2D eigenvalue weighted by Crippen LogP contribution is -2.08. The van der Waals surface area contributed by atoms with Gasteiger partial charge in [0.2, 0.25) is 0 Å². The fourth-order valence-corrected chi connectivity index (χ4v) is 1.08. The quantitative estimate of drug-likeness (QED) is 0.649. The second-order valence-electron chi connectivity index (χ2n) is 2.51. The number of aromatic carboxylic acids is 2. The van der Waals surface area contributed by atoms with E-state index in [1.807, 2.05) is 0 Å². The molecule has 0 saturated carbocycles. The zero-order chi connectivity index (χ0) is 10.7. The van der Waals surface area contributed by atoms with Gasteiger partial charge in [0.15, 0.2) is 0 Å².